The molecule has 0 aliphatic heterocycles. The summed E-state index contributed by atoms with van der Waals surface area (Å²) in [5.74, 6) is 7.91. The highest BCUT2D eigenvalue weighted by Crippen LogP contribution is 2.26. The Hall–Kier alpha value is -0.520. The van der Waals surface area contributed by atoms with Crippen molar-refractivity contribution in [2.75, 3.05) is 0 Å². The van der Waals surface area contributed by atoms with Crippen molar-refractivity contribution in [3.63, 3.8) is 0 Å². The van der Waals surface area contributed by atoms with Crippen molar-refractivity contribution in [1.82, 2.24) is 0 Å². The van der Waals surface area contributed by atoms with Crippen molar-refractivity contribution in [2.45, 2.75) is 150 Å². The van der Waals surface area contributed by atoms with E-state index in [1.54, 1.807) is 11.1 Å². The first-order valence-corrected chi connectivity index (χ1v) is 15.7. The fourth-order valence-electron chi connectivity index (χ4n) is 4.64. The van der Waals surface area contributed by atoms with Gasteiger partial charge in [-0.1, -0.05) is 148 Å². The van der Waals surface area contributed by atoms with E-state index in [0.29, 0.717) is 11.8 Å². The van der Waals surface area contributed by atoms with E-state index in [0.717, 1.165) is 47.3 Å². The van der Waals surface area contributed by atoms with Crippen LogP contribution in [0.1, 0.15) is 150 Å². The summed E-state index contributed by atoms with van der Waals surface area (Å²) in [4.78, 5) is 0. The van der Waals surface area contributed by atoms with Crippen molar-refractivity contribution < 1.29 is 0 Å². The molecule has 0 aliphatic rings. The average molecular weight is 507 g/mol. The van der Waals surface area contributed by atoms with Gasteiger partial charge in [0, 0.05) is 0 Å². The van der Waals surface area contributed by atoms with E-state index < -0.39 is 0 Å². The van der Waals surface area contributed by atoms with Crippen LogP contribution in [0.15, 0.2) is 23.3 Å². The van der Waals surface area contributed by atoms with Crippen LogP contribution in [0.2, 0.25) is 0 Å². The quantitative estimate of drug-likeness (QED) is 0.218. The van der Waals surface area contributed by atoms with Crippen LogP contribution in [0, 0.1) is 59.2 Å². The molecule has 0 heteroatoms. The molecule has 0 aromatic heterocycles. The third-order valence-electron chi connectivity index (χ3n) is 6.36. The van der Waals surface area contributed by atoms with Gasteiger partial charge >= 0.3 is 0 Å². The first-order chi connectivity index (χ1) is 16.3. The summed E-state index contributed by atoms with van der Waals surface area (Å²) in [6, 6.07) is 0. The van der Waals surface area contributed by atoms with Gasteiger partial charge in [-0.25, -0.2) is 0 Å². The number of hydrogen-bond donors (Lipinski definition) is 0. The highest BCUT2D eigenvalue weighted by molar-refractivity contribution is 5.07. The van der Waals surface area contributed by atoms with E-state index in [4.69, 9.17) is 0 Å². The van der Waals surface area contributed by atoms with Gasteiger partial charge in [-0.05, 0) is 84.9 Å². The molecule has 0 nitrogen and oxygen atoms in total. The number of allylic oxidation sites excluding steroid dienone is 4. The molecule has 0 rings (SSSR count). The standard InChI is InChI=1S/C12H26.2C12H24/c3*1-9(2)7-12(11(5)6)8-10(3)4/h9-12H,7-8H2,1-6H3;2*7,9-11H,8H2,1-6H3/b;2*12-7-. The molecule has 0 atom stereocenters. The molecule has 36 heavy (non-hydrogen) atoms. The molecule has 0 N–H and O–H groups in total. The zero-order chi connectivity index (χ0) is 29.2. The molecule has 0 saturated carbocycles. The molecule has 218 valence electrons. The van der Waals surface area contributed by atoms with Crippen molar-refractivity contribution >= 4 is 0 Å². The van der Waals surface area contributed by atoms with Gasteiger partial charge in [-0.3, -0.25) is 0 Å². The minimum absolute atomic E-state index is 0.696. The summed E-state index contributed by atoms with van der Waals surface area (Å²) in [6.45, 7) is 41.3. The zero-order valence-corrected chi connectivity index (χ0v) is 28.8. The van der Waals surface area contributed by atoms with E-state index in [1.807, 2.05) is 0 Å². The summed E-state index contributed by atoms with van der Waals surface area (Å²) >= 11 is 0. The lowest BCUT2D eigenvalue weighted by atomic mass is 9.82. The second-order valence-electron chi connectivity index (χ2n) is 14.7. The zero-order valence-electron chi connectivity index (χ0n) is 28.8. The SMILES string of the molecule is CC(C)/C=C(/CC(C)C)C(C)C.CC(C)/C=C(/CC(C)C)C(C)C.CC(C)CC(CC(C)C)C(C)C. The van der Waals surface area contributed by atoms with Gasteiger partial charge in [0.25, 0.3) is 0 Å². The molecule has 0 radical (unpaired) electrons. The molecule has 0 saturated heterocycles. The Morgan fingerprint density at radius 3 is 0.833 bits per heavy atom. The molecular weight excluding hydrogens is 432 g/mol. The third kappa shape index (κ3) is 28.1. The van der Waals surface area contributed by atoms with Crippen molar-refractivity contribution in [3.8, 4) is 0 Å². The highest BCUT2D eigenvalue weighted by Gasteiger charge is 2.16. The van der Waals surface area contributed by atoms with Gasteiger partial charge in [-0.15, -0.1) is 0 Å². The Bertz CT molecular complexity index is 488. The van der Waals surface area contributed by atoms with Crippen LogP contribution in [0.5, 0.6) is 0 Å². The Morgan fingerprint density at radius 1 is 0.417 bits per heavy atom. The molecule has 0 amide bonds. The predicted molar refractivity (Wildman–Crippen MR) is 172 cm³/mol. The van der Waals surface area contributed by atoms with Gasteiger partial charge in [-0.2, -0.15) is 0 Å². The Labute approximate surface area is 232 Å². The van der Waals surface area contributed by atoms with Gasteiger partial charge < -0.3 is 0 Å². The fourth-order valence-corrected chi connectivity index (χ4v) is 4.64. The second kappa shape index (κ2) is 22.5. The van der Waals surface area contributed by atoms with E-state index in [2.05, 4.69) is 137 Å². The Balaban J connectivity index is -0.000000454. The molecule has 0 bridgehead atoms. The fraction of sp³-hybridized carbons (Fsp3) is 0.889. The smallest absolute Gasteiger partial charge is 0.0260 e. The van der Waals surface area contributed by atoms with E-state index in [1.165, 1.54) is 25.7 Å². The topological polar surface area (TPSA) is 0 Å². The maximum absolute atomic E-state index is 2.42. The lowest BCUT2D eigenvalue weighted by molar-refractivity contribution is 0.268. The van der Waals surface area contributed by atoms with Crippen LogP contribution in [-0.4, -0.2) is 0 Å². The van der Waals surface area contributed by atoms with E-state index in [9.17, 15) is 0 Å². The maximum atomic E-state index is 2.42. The minimum Gasteiger partial charge on any atom is -0.0825 e. The molecule has 0 spiro atoms. The van der Waals surface area contributed by atoms with Crippen LogP contribution in [0.25, 0.3) is 0 Å². The predicted octanol–water partition coefficient (Wildman–Crippen LogP) is 12.9. The monoisotopic (exact) mass is 507 g/mol. The van der Waals surface area contributed by atoms with Crippen molar-refractivity contribution in [2.24, 2.45) is 59.2 Å². The molecule has 0 aliphatic carbocycles. The third-order valence-corrected chi connectivity index (χ3v) is 6.36. The molecule has 0 aromatic carbocycles. The molecule has 0 heterocycles. The first-order valence-electron chi connectivity index (χ1n) is 15.7. The number of rotatable bonds is 13. The highest BCUT2D eigenvalue weighted by atomic mass is 14.2. The largest absolute Gasteiger partial charge is 0.0825 e. The van der Waals surface area contributed by atoms with Crippen LogP contribution in [-0.2, 0) is 0 Å². The minimum atomic E-state index is 0.696. The molecule has 0 unspecified atom stereocenters. The summed E-state index contributed by atoms with van der Waals surface area (Å²) < 4.78 is 0. The average Bonchev–Trinajstić information content (AvgIpc) is 2.65. The van der Waals surface area contributed by atoms with Gasteiger partial charge in [0.2, 0.25) is 0 Å². The summed E-state index contributed by atoms with van der Waals surface area (Å²) in [5.41, 5.74) is 3.25. The number of hydrogen-bond acceptors (Lipinski definition) is 0. The van der Waals surface area contributed by atoms with Gasteiger partial charge in [0.05, 0.1) is 0 Å². The van der Waals surface area contributed by atoms with Crippen LogP contribution in [0.4, 0.5) is 0 Å². The first kappa shape index (κ1) is 40.0. The lowest BCUT2D eigenvalue weighted by Crippen LogP contribution is -2.14. The summed E-state index contributed by atoms with van der Waals surface area (Å²) in [7, 11) is 0. The van der Waals surface area contributed by atoms with E-state index in [-0.39, 0.29) is 0 Å². The van der Waals surface area contributed by atoms with Crippen molar-refractivity contribution in [3.05, 3.63) is 23.3 Å². The summed E-state index contributed by atoms with van der Waals surface area (Å²) in [5, 5.41) is 0. The molecule has 0 fully saturated rings. The molecular formula is C36H74. The molecule has 0 aromatic rings. The van der Waals surface area contributed by atoms with E-state index >= 15 is 0 Å². The lowest BCUT2D eigenvalue weighted by Gasteiger charge is -2.24. The normalized spacial score (nSPS) is 13.2. The Morgan fingerprint density at radius 2 is 0.694 bits per heavy atom. The van der Waals surface area contributed by atoms with Crippen LogP contribution >= 0.6 is 0 Å². The maximum Gasteiger partial charge on any atom is -0.0260 e. The second-order valence-corrected chi connectivity index (χ2v) is 14.7. The van der Waals surface area contributed by atoms with Crippen LogP contribution < -0.4 is 0 Å². The van der Waals surface area contributed by atoms with Gasteiger partial charge in [0.15, 0.2) is 0 Å². The van der Waals surface area contributed by atoms with Gasteiger partial charge in [0.1, 0.15) is 0 Å². The Kier molecular flexibility index (Phi) is 24.9. The summed E-state index contributed by atoms with van der Waals surface area (Å²) in [6.07, 6.45) is 10.2. The van der Waals surface area contributed by atoms with Crippen molar-refractivity contribution in [1.29, 1.82) is 0 Å². The van der Waals surface area contributed by atoms with Crippen LogP contribution in [0.3, 0.4) is 0 Å².